The van der Waals surface area contributed by atoms with E-state index in [1.54, 1.807) is 12.2 Å². The molecule has 1 saturated heterocycles. The molecule has 23 heavy (non-hydrogen) atoms. The van der Waals surface area contributed by atoms with E-state index in [9.17, 15) is 9.59 Å². The van der Waals surface area contributed by atoms with Gasteiger partial charge >= 0.3 is 0 Å². The quantitative estimate of drug-likeness (QED) is 0.617. The number of benzene rings is 1. The van der Waals surface area contributed by atoms with Gasteiger partial charge in [0.15, 0.2) is 0 Å². The molecule has 1 heterocycles. The molecule has 1 aliphatic heterocycles. The third kappa shape index (κ3) is 5.53. The van der Waals surface area contributed by atoms with Crippen molar-refractivity contribution >= 4 is 23.6 Å². The SMILES string of the molecule is CN(C)CCCNC(=O)/C=C/c1ccc(N2CCCC2=O)cc1. The Kier molecular flexibility index (Phi) is 6.35. The van der Waals surface area contributed by atoms with Crippen molar-refractivity contribution < 1.29 is 9.59 Å². The fraction of sp³-hybridized carbons (Fsp3) is 0.444. The first-order chi connectivity index (χ1) is 11.1. The maximum atomic E-state index is 11.7. The highest BCUT2D eigenvalue weighted by Crippen LogP contribution is 2.21. The molecule has 2 amide bonds. The lowest BCUT2D eigenvalue weighted by Crippen LogP contribution is -2.25. The topological polar surface area (TPSA) is 52.7 Å². The van der Waals surface area contributed by atoms with Gasteiger partial charge < -0.3 is 15.1 Å². The summed E-state index contributed by atoms with van der Waals surface area (Å²) >= 11 is 0. The van der Waals surface area contributed by atoms with Gasteiger partial charge in [-0.15, -0.1) is 0 Å². The number of hydrogen-bond acceptors (Lipinski definition) is 3. The van der Waals surface area contributed by atoms with E-state index in [4.69, 9.17) is 0 Å². The van der Waals surface area contributed by atoms with Crippen LogP contribution in [0.1, 0.15) is 24.8 Å². The average molecular weight is 315 g/mol. The van der Waals surface area contributed by atoms with E-state index in [1.165, 1.54) is 0 Å². The molecule has 0 unspecified atom stereocenters. The molecule has 5 heteroatoms. The van der Waals surface area contributed by atoms with Crippen LogP contribution in [-0.2, 0) is 9.59 Å². The van der Waals surface area contributed by atoms with Crippen LogP contribution >= 0.6 is 0 Å². The van der Waals surface area contributed by atoms with Crippen LogP contribution in [0.4, 0.5) is 5.69 Å². The summed E-state index contributed by atoms with van der Waals surface area (Å²) in [5, 5.41) is 2.86. The van der Waals surface area contributed by atoms with Crippen LogP contribution < -0.4 is 10.2 Å². The number of nitrogens with zero attached hydrogens (tertiary/aromatic N) is 2. The first-order valence-electron chi connectivity index (χ1n) is 8.07. The van der Waals surface area contributed by atoms with Gasteiger partial charge in [-0.3, -0.25) is 9.59 Å². The normalized spacial score (nSPS) is 14.9. The minimum Gasteiger partial charge on any atom is -0.353 e. The molecule has 0 aromatic heterocycles. The summed E-state index contributed by atoms with van der Waals surface area (Å²) in [7, 11) is 4.03. The fourth-order valence-corrected chi connectivity index (χ4v) is 2.52. The minimum absolute atomic E-state index is 0.0810. The summed E-state index contributed by atoms with van der Waals surface area (Å²) < 4.78 is 0. The summed E-state index contributed by atoms with van der Waals surface area (Å²) in [6, 6.07) is 7.71. The van der Waals surface area contributed by atoms with Crippen molar-refractivity contribution in [3.63, 3.8) is 0 Å². The zero-order valence-electron chi connectivity index (χ0n) is 13.9. The van der Waals surface area contributed by atoms with Crippen molar-refractivity contribution in [3.8, 4) is 0 Å². The van der Waals surface area contributed by atoms with E-state index >= 15 is 0 Å². The van der Waals surface area contributed by atoms with E-state index in [-0.39, 0.29) is 11.8 Å². The molecular weight excluding hydrogens is 290 g/mol. The summed E-state index contributed by atoms with van der Waals surface area (Å²) in [6.45, 7) is 2.43. The molecule has 1 aliphatic rings. The first-order valence-corrected chi connectivity index (χ1v) is 8.07. The van der Waals surface area contributed by atoms with Gasteiger partial charge in [0, 0.05) is 31.3 Å². The number of rotatable bonds is 7. The number of anilines is 1. The molecule has 0 bridgehead atoms. The molecule has 0 atom stereocenters. The third-order valence-electron chi connectivity index (χ3n) is 3.79. The molecule has 0 spiro atoms. The van der Waals surface area contributed by atoms with E-state index < -0.39 is 0 Å². The predicted molar refractivity (Wildman–Crippen MR) is 93.2 cm³/mol. The van der Waals surface area contributed by atoms with Gasteiger partial charge in [0.1, 0.15) is 0 Å². The molecule has 0 radical (unpaired) electrons. The molecule has 1 aromatic rings. The van der Waals surface area contributed by atoms with Gasteiger partial charge in [-0.2, -0.15) is 0 Å². The summed E-state index contributed by atoms with van der Waals surface area (Å²) in [5.74, 6) is 0.105. The number of hydrogen-bond donors (Lipinski definition) is 1. The van der Waals surface area contributed by atoms with Gasteiger partial charge in [0.05, 0.1) is 0 Å². The van der Waals surface area contributed by atoms with Crippen LogP contribution in [0.15, 0.2) is 30.3 Å². The Morgan fingerprint density at radius 3 is 2.65 bits per heavy atom. The number of amides is 2. The smallest absolute Gasteiger partial charge is 0.243 e. The molecule has 1 fully saturated rings. The molecule has 5 nitrogen and oxygen atoms in total. The predicted octanol–water partition coefficient (Wildman–Crippen LogP) is 1.89. The molecule has 1 N–H and O–H groups in total. The van der Waals surface area contributed by atoms with Crippen LogP contribution in [0, 0.1) is 0 Å². The highest BCUT2D eigenvalue weighted by molar-refractivity contribution is 5.95. The van der Waals surface area contributed by atoms with Crippen LogP contribution in [0.3, 0.4) is 0 Å². The Morgan fingerprint density at radius 2 is 2.04 bits per heavy atom. The minimum atomic E-state index is -0.0810. The standard InChI is InChI=1S/C18H25N3O2/c1-20(2)13-4-12-19-17(22)11-8-15-6-9-16(10-7-15)21-14-3-5-18(21)23/h6-11H,3-5,12-14H2,1-2H3,(H,19,22)/b11-8+. The Bertz CT molecular complexity index is 564. The van der Waals surface area contributed by atoms with Crippen molar-refractivity contribution in [2.24, 2.45) is 0 Å². The maximum Gasteiger partial charge on any atom is 0.243 e. The van der Waals surface area contributed by atoms with Gasteiger partial charge in [-0.25, -0.2) is 0 Å². The summed E-state index contributed by atoms with van der Waals surface area (Å²) in [5.41, 5.74) is 1.88. The highest BCUT2D eigenvalue weighted by Gasteiger charge is 2.21. The van der Waals surface area contributed by atoms with Crippen molar-refractivity contribution in [1.82, 2.24) is 10.2 Å². The number of carbonyl (C=O) groups is 2. The van der Waals surface area contributed by atoms with Gasteiger partial charge in [-0.1, -0.05) is 12.1 Å². The highest BCUT2D eigenvalue weighted by atomic mass is 16.2. The Balaban J connectivity index is 1.80. The number of carbonyl (C=O) groups excluding carboxylic acids is 2. The molecule has 2 rings (SSSR count). The monoisotopic (exact) mass is 315 g/mol. The zero-order valence-corrected chi connectivity index (χ0v) is 13.9. The van der Waals surface area contributed by atoms with Crippen molar-refractivity contribution in [1.29, 1.82) is 0 Å². The second-order valence-corrected chi connectivity index (χ2v) is 6.02. The second-order valence-electron chi connectivity index (χ2n) is 6.02. The van der Waals surface area contributed by atoms with Crippen LogP contribution in [0.25, 0.3) is 6.08 Å². The lowest BCUT2D eigenvalue weighted by Gasteiger charge is -2.15. The van der Waals surface area contributed by atoms with E-state index in [1.807, 2.05) is 43.3 Å². The van der Waals surface area contributed by atoms with Gasteiger partial charge in [0.2, 0.25) is 11.8 Å². The maximum absolute atomic E-state index is 11.7. The molecule has 0 aliphatic carbocycles. The van der Waals surface area contributed by atoms with Crippen molar-refractivity contribution in [2.75, 3.05) is 38.6 Å². The van der Waals surface area contributed by atoms with Crippen molar-refractivity contribution in [3.05, 3.63) is 35.9 Å². The number of nitrogens with one attached hydrogen (secondary N) is 1. The van der Waals surface area contributed by atoms with Gasteiger partial charge in [-0.05, 0) is 57.3 Å². The van der Waals surface area contributed by atoms with Crippen LogP contribution in [0.2, 0.25) is 0 Å². The van der Waals surface area contributed by atoms with Crippen LogP contribution in [-0.4, -0.2) is 50.4 Å². The molecule has 0 saturated carbocycles. The van der Waals surface area contributed by atoms with Gasteiger partial charge in [0.25, 0.3) is 0 Å². The Hall–Kier alpha value is -2.14. The lowest BCUT2D eigenvalue weighted by molar-refractivity contribution is -0.117. The molecule has 1 aromatic carbocycles. The third-order valence-corrected chi connectivity index (χ3v) is 3.79. The van der Waals surface area contributed by atoms with Crippen LogP contribution in [0.5, 0.6) is 0 Å². The first kappa shape index (κ1) is 17.2. The Morgan fingerprint density at radius 1 is 1.30 bits per heavy atom. The molecule has 124 valence electrons. The largest absolute Gasteiger partial charge is 0.353 e. The summed E-state index contributed by atoms with van der Waals surface area (Å²) in [4.78, 5) is 27.3. The summed E-state index contributed by atoms with van der Waals surface area (Å²) in [6.07, 6.45) is 5.83. The Labute approximate surface area is 138 Å². The fourth-order valence-electron chi connectivity index (χ4n) is 2.52. The lowest BCUT2D eigenvalue weighted by atomic mass is 10.2. The average Bonchev–Trinajstić information content (AvgIpc) is 2.96. The van der Waals surface area contributed by atoms with E-state index in [2.05, 4.69) is 10.2 Å². The zero-order chi connectivity index (χ0) is 16.7. The van der Waals surface area contributed by atoms with E-state index in [0.29, 0.717) is 13.0 Å². The second kappa shape index (κ2) is 8.48. The van der Waals surface area contributed by atoms with E-state index in [0.717, 1.165) is 37.2 Å². The molecular formula is C18H25N3O2. The van der Waals surface area contributed by atoms with Crippen molar-refractivity contribution in [2.45, 2.75) is 19.3 Å².